The molecule has 0 aliphatic heterocycles. The van der Waals surface area contributed by atoms with Crippen molar-refractivity contribution in [3.8, 4) is 11.5 Å². The van der Waals surface area contributed by atoms with Gasteiger partial charge in [0.05, 0.1) is 20.8 Å². The van der Waals surface area contributed by atoms with Crippen LogP contribution in [0.4, 0.5) is 5.69 Å². The van der Waals surface area contributed by atoms with E-state index in [1.165, 1.54) is 25.6 Å². The highest BCUT2D eigenvalue weighted by Gasteiger charge is 2.17. The van der Waals surface area contributed by atoms with Gasteiger partial charge in [0, 0.05) is 23.2 Å². The summed E-state index contributed by atoms with van der Waals surface area (Å²) in [6, 6.07) is 15.9. The minimum absolute atomic E-state index is 0.115. The second-order valence-corrected chi connectivity index (χ2v) is 7.66. The Bertz CT molecular complexity index is 1110. The summed E-state index contributed by atoms with van der Waals surface area (Å²) in [5, 5.41) is 7.44. The summed E-state index contributed by atoms with van der Waals surface area (Å²) in [5.74, 6) is 0.0364. The molecule has 0 saturated heterocycles. The Balaban J connectivity index is 1.84. The van der Waals surface area contributed by atoms with Crippen molar-refractivity contribution in [1.29, 1.82) is 0 Å². The van der Waals surface area contributed by atoms with E-state index in [4.69, 9.17) is 14.2 Å². The summed E-state index contributed by atoms with van der Waals surface area (Å²) in [6.45, 7) is 0.428. The molecule has 1 heterocycles. The average Bonchev–Trinajstić information content (AvgIpc) is 3.31. The third-order valence-corrected chi connectivity index (χ3v) is 5.28. The summed E-state index contributed by atoms with van der Waals surface area (Å²) < 4.78 is 15.6. The minimum Gasteiger partial charge on any atom is -0.493 e. The topological polar surface area (TPSA) is 85.9 Å². The first-order chi connectivity index (χ1) is 15.5. The fraction of sp³-hybridized carbons (Fsp3) is 0.167. The van der Waals surface area contributed by atoms with Gasteiger partial charge in [-0.15, -0.1) is 11.3 Å². The maximum absolute atomic E-state index is 13.0. The van der Waals surface area contributed by atoms with Crippen LogP contribution < -0.4 is 20.1 Å². The smallest absolute Gasteiger partial charge is 0.272 e. The van der Waals surface area contributed by atoms with Crippen molar-refractivity contribution >= 4 is 34.9 Å². The summed E-state index contributed by atoms with van der Waals surface area (Å²) >= 11 is 1.46. The van der Waals surface area contributed by atoms with E-state index in [0.29, 0.717) is 29.4 Å². The number of hydrogen-bond donors (Lipinski definition) is 2. The molecular formula is C24H24N2O5S. The minimum atomic E-state index is -0.447. The zero-order valence-corrected chi connectivity index (χ0v) is 18.8. The first-order valence-corrected chi connectivity index (χ1v) is 10.6. The monoisotopic (exact) mass is 452 g/mol. The van der Waals surface area contributed by atoms with E-state index >= 15 is 0 Å². The fourth-order valence-corrected chi connectivity index (χ4v) is 3.61. The second-order valence-electron chi connectivity index (χ2n) is 6.68. The van der Waals surface area contributed by atoms with E-state index in [9.17, 15) is 9.59 Å². The van der Waals surface area contributed by atoms with E-state index in [0.717, 1.165) is 10.4 Å². The third kappa shape index (κ3) is 5.96. The van der Waals surface area contributed by atoms with Gasteiger partial charge in [0.25, 0.3) is 11.8 Å². The Morgan fingerprint density at radius 2 is 1.78 bits per heavy atom. The fourth-order valence-electron chi connectivity index (χ4n) is 2.95. The van der Waals surface area contributed by atoms with Crippen LogP contribution in [0.3, 0.4) is 0 Å². The van der Waals surface area contributed by atoms with Gasteiger partial charge < -0.3 is 24.8 Å². The van der Waals surface area contributed by atoms with Crippen molar-refractivity contribution in [2.45, 2.75) is 6.61 Å². The largest absolute Gasteiger partial charge is 0.493 e. The van der Waals surface area contributed by atoms with Gasteiger partial charge >= 0.3 is 0 Å². The van der Waals surface area contributed by atoms with Gasteiger partial charge in [-0.25, -0.2) is 0 Å². The van der Waals surface area contributed by atoms with Crippen LogP contribution in [0.15, 0.2) is 65.7 Å². The van der Waals surface area contributed by atoms with Gasteiger partial charge in [-0.1, -0.05) is 18.2 Å². The van der Waals surface area contributed by atoms with Gasteiger partial charge in [-0.3, -0.25) is 9.59 Å². The zero-order valence-electron chi connectivity index (χ0n) is 18.0. The molecule has 2 N–H and O–H groups in total. The molecule has 0 radical (unpaired) electrons. The lowest BCUT2D eigenvalue weighted by molar-refractivity contribution is -0.113. The van der Waals surface area contributed by atoms with Crippen LogP contribution in [0, 0.1) is 0 Å². The third-order valence-electron chi connectivity index (χ3n) is 4.46. The van der Waals surface area contributed by atoms with Crippen LogP contribution in [0.1, 0.15) is 20.8 Å². The molecule has 0 fully saturated rings. The quantitative estimate of drug-likeness (QED) is 0.472. The molecule has 2 aromatic carbocycles. The van der Waals surface area contributed by atoms with Gasteiger partial charge in [0.15, 0.2) is 11.5 Å². The number of hydrogen-bond acceptors (Lipinski definition) is 6. The molecule has 0 unspecified atom stereocenters. The van der Waals surface area contributed by atoms with E-state index in [1.54, 1.807) is 37.5 Å². The lowest BCUT2D eigenvalue weighted by Crippen LogP contribution is -2.30. The molecule has 8 heteroatoms. The SMILES string of the molecule is COCc1cccc(NC(=O)/C(=C/c2cccs2)NC(=O)c2ccc(OC)c(OC)c2)c1. The normalized spacial score (nSPS) is 11.0. The molecule has 0 saturated carbocycles. The van der Waals surface area contributed by atoms with Crippen LogP contribution in [0.25, 0.3) is 6.08 Å². The molecule has 7 nitrogen and oxygen atoms in total. The highest BCUT2D eigenvalue weighted by atomic mass is 32.1. The lowest BCUT2D eigenvalue weighted by atomic mass is 10.1. The predicted molar refractivity (Wildman–Crippen MR) is 125 cm³/mol. The van der Waals surface area contributed by atoms with Crippen molar-refractivity contribution in [3.63, 3.8) is 0 Å². The molecule has 0 atom stereocenters. The van der Waals surface area contributed by atoms with E-state index in [1.807, 2.05) is 35.7 Å². The number of benzene rings is 2. The Morgan fingerprint density at radius 1 is 0.969 bits per heavy atom. The number of carbonyl (C=O) groups is 2. The standard InChI is InChI=1S/C24H24N2O5S/c1-29-15-16-6-4-7-18(12-16)25-24(28)20(14-19-8-5-11-32-19)26-23(27)17-9-10-21(30-2)22(13-17)31-3/h4-14H,15H2,1-3H3,(H,25,28)(H,26,27)/b20-14-. The van der Waals surface area contributed by atoms with Crippen molar-refractivity contribution in [1.82, 2.24) is 5.32 Å². The lowest BCUT2D eigenvalue weighted by Gasteiger charge is -2.13. The van der Waals surface area contributed by atoms with Crippen LogP contribution in [-0.2, 0) is 16.1 Å². The van der Waals surface area contributed by atoms with Gasteiger partial charge in [-0.2, -0.15) is 0 Å². The molecule has 0 spiro atoms. The second kappa shape index (κ2) is 11.1. The van der Waals surface area contributed by atoms with Crippen molar-refractivity contribution in [2.24, 2.45) is 0 Å². The number of methoxy groups -OCH3 is 3. The number of amides is 2. The Labute approximate surface area is 190 Å². The molecule has 3 aromatic rings. The van der Waals surface area contributed by atoms with Crippen LogP contribution in [0.5, 0.6) is 11.5 Å². The molecular weight excluding hydrogens is 428 g/mol. The molecule has 0 aliphatic carbocycles. The molecule has 166 valence electrons. The van der Waals surface area contributed by atoms with Gasteiger partial charge in [-0.05, 0) is 53.4 Å². The molecule has 2 amide bonds. The number of ether oxygens (including phenoxy) is 3. The van der Waals surface area contributed by atoms with Gasteiger partial charge in [0.2, 0.25) is 0 Å². The van der Waals surface area contributed by atoms with Crippen molar-refractivity contribution in [3.05, 3.63) is 81.7 Å². The first kappa shape index (κ1) is 23.1. The molecule has 3 rings (SSSR count). The molecule has 0 aliphatic rings. The van der Waals surface area contributed by atoms with Crippen molar-refractivity contribution in [2.75, 3.05) is 26.6 Å². The number of nitrogens with one attached hydrogen (secondary N) is 2. The van der Waals surface area contributed by atoms with Crippen molar-refractivity contribution < 1.29 is 23.8 Å². The van der Waals surface area contributed by atoms with Crippen LogP contribution in [0.2, 0.25) is 0 Å². The predicted octanol–water partition coefficient (Wildman–Crippen LogP) is 4.32. The number of rotatable bonds is 9. The highest BCUT2D eigenvalue weighted by Crippen LogP contribution is 2.27. The Morgan fingerprint density at radius 3 is 2.47 bits per heavy atom. The van der Waals surface area contributed by atoms with E-state index < -0.39 is 11.8 Å². The van der Waals surface area contributed by atoms with Crippen LogP contribution in [-0.4, -0.2) is 33.1 Å². The number of thiophene rings is 1. The number of carbonyl (C=O) groups excluding carboxylic acids is 2. The maximum Gasteiger partial charge on any atom is 0.272 e. The Kier molecular flexibility index (Phi) is 8.02. The summed E-state index contributed by atoms with van der Waals surface area (Å²) in [4.78, 5) is 26.8. The highest BCUT2D eigenvalue weighted by molar-refractivity contribution is 7.10. The Hall–Kier alpha value is -3.62. The van der Waals surface area contributed by atoms with E-state index in [2.05, 4.69) is 10.6 Å². The maximum atomic E-state index is 13.0. The summed E-state index contributed by atoms with van der Waals surface area (Å²) in [7, 11) is 4.62. The van der Waals surface area contributed by atoms with Crippen LogP contribution >= 0.6 is 11.3 Å². The van der Waals surface area contributed by atoms with Gasteiger partial charge in [0.1, 0.15) is 5.70 Å². The molecule has 1 aromatic heterocycles. The zero-order chi connectivity index (χ0) is 22.9. The van der Waals surface area contributed by atoms with E-state index in [-0.39, 0.29) is 5.70 Å². The first-order valence-electron chi connectivity index (χ1n) is 9.72. The average molecular weight is 453 g/mol. The number of anilines is 1. The molecule has 0 bridgehead atoms. The molecule has 32 heavy (non-hydrogen) atoms. The summed E-state index contributed by atoms with van der Waals surface area (Å²) in [5.41, 5.74) is 1.96. The summed E-state index contributed by atoms with van der Waals surface area (Å²) in [6.07, 6.45) is 1.64.